The first kappa shape index (κ1) is 10.5. The SMILES string of the molecule is COc1cc2[nH]c3c(c2cc1OC)CNCC3. The molecule has 2 aromatic rings. The van der Waals surface area contributed by atoms with Gasteiger partial charge < -0.3 is 19.8 Å². The Bertz CT molecular complexity index is 560. The molecular weight excluding hydrogens is 216 g/mol. The minimum Gasteiger partial charge on any atom is -0.493 e. The highest BCUT2D eigenvalue weighted by atomic mass is 16.5. The number of aromatic amines is 1. The summed E-state index contributed by atoms with van der Waals surface area (Å²) in [5.74, 6) is 1.55. The van der Waals surface area contributed by atoms with Crippen molar-refractivity contribution in [2.24, 2.45) is 0 Å². The highest BCUT2D eigenvalue weighted by Crippen LogP contribution is 2.35. The molecule has 17 heavy (non-hydrogen) atoms. The van der Waals surface area contributed by atoms with E-state index in [0.29, 0.717) is 0 Å². The van der Waals surface area contributed by atoms with E-state index in [1.807, 2.05) is 6.07 Å². The predicted molar refractivity (Wildman–Crippen MR) is 66.8 cm³/mol. The van der Waals surface area contributed by atoms with Crippen LogP contribution in [0.4, 0.5) is 0 Å². The maximum Gasteiger partial charge on any atom is 0.162 e. The van der Waals surface area contributed by atoms with E-state index < -0.39 is 0 Å². The van der Waals surface area contributed by atoms with Crippen molar-refractivity contribution < 1.29 is 9.47 Å². The molecule has 90 valence electrons. The zero-order valence-corrected chi connectivity index (χ0v) is 10.1. The van der Waals surface area contributed by atoms with Crippen molar-refractivity contribution in [2.45, 2.75) is 13.0 Å². The molecule has 0 unspecified atom stereocenters. The zero-order valence-electron chi connectivity index (χ0n) is 10.1. The first-order valence-corrected chi connectivity index (χ1v) is 5.79. The van der Waals surface area contributed by atoms with E-state index in [0.717, 1.165) is 36.5 Å². The van der Waals surface area contributed by atoms with E-state index in [1.54, 1.807) is 14.2 Å². The van der Waals surface area contributed by atoms with Crippen LogP contribution >= 0.6 is 0 Å². The number of methoxy groups -OCH3 is 2. The molecule has 0 bridgehead atoms. The number of nitrogens with one attached hydrogen (secondary N) is 2. The quantitative estimate of drug-likeness (QED) is 0.830. The first-order chi connectivity index (χ1) is 8.33. The summed E-state index contributed by atoms with van der Waals surface area (Å²) in [5, 5.41) is 4.62. The Morgan fingerprint density at radius 3 is 2.65 bits per heavy atom. The second-order valence-electron chi connectivity index (χ2n) is 4.26. The van der Waals surface area contributed by atoms with Crippen LogP contribution in [0.1, 0.15) is 11.3 Å². The molecule has 0 amide bonds. The van der Waals surface area contributed by atoms with Crippen LogP contribution in [0.15, 0.2) is 12.1 Å². The molecule has 0 radical (unpaired) electrons. The van der Waals surface area contributed by atoms with Crippen molar-refractivity contribution in [3.63, 3.8) is 0 Å². The van der Waals surface area contributed by atoms with E-state index >= 15 is 0 Å². The van der Waals surface area contributed by atoms with E-state index in [1.165, 1.54) is 16.6 Å². The van der Waals surface area contributed by atoms with E-state index in [-0.39, 0.29) is 0 Å². The molecule has 4 heteroatoms. The number of ether oxygens (including phenoxy) is 2. The Morgan fingerprint density at radius 1 is 1.12 bits per heavy atom. The summed E-state index contributed by atoms with van der Waals surface area (Å²) >= 11 is 0. The van der Waals surface area contributed by atoms with Gasteiger partial charge in [-0.3, -0.25) is 0 Å². The summed E-state index contributed by atoms with van der Waals surface area (Å²) in [6, 6.07) is 4.06. The van der Waals surface area contributed by atoms with Gasteiger partial charge in [0.1, 0.15) is 0 Å². The number of fused-ring (bicyclic) bond motifs is 3. The van der Waals surface area contributed by atoms with Gasteiger partial charge >= 0.3 is 0 Å². The summed E-state index contributed by atoms with van der Waals surface area (Å²) in [4.78, 5) is 3.47. The summed E-state index contributed by atoms with van der Waals surface area (Å²) in [6.45, 7) is 1.96. The van der Waals surface area contributed by atoms with Crippen molar-refractivity contribution in [3.05, 3.63) is 23.4 Å². The molecule has 0 saturated carbocycles. The van der Waals surface area contributed by atoms with Crippen LogP contribution < -0.4 is 14.8 Å². The van der Waals surface area contributed by atoms with Crippen molar-refractivity contribution in [1.82, 2.24) is 10.3 Å². The van der Waals surface area contributed by atoms with Crippen LogP contribution in [0, 0.1) is 0 Å². The van der Waals surface area contributed by atoms with Gasteiger partial charge in [0.05, 0.1) is 14.2 Å². The standard InChI is InChI=1S/C13H16N2O2/c1-16-12-5-8-9-7-14-4-3-10(9)15-11(8)6-13(12)17-2/h5-6,14-15H,3-4,7H2,1-2H3. The average Bonchev–Trinajstić information content (AvgIpc) is 2.74. The Hall–Kier alpha value is -1.68. The van der Waals surface area contributed by atoms with Gasteiger partial charge in [-0.15, -0.1) is 0 Å². The molecule has 2 heterocycles. The fourth-order valence-corrected chi connectivity index (χ4v) is 2.47. The molecule has 2 N–H and O–H groups in total. The second kappa shape index (κ2) is 3.96. The van der Waals surface area contributed by atoms with Crippen LogP contribution in [-0.4, -0.2) is 25.7 Å². The van der Waals surface area contributed by atoms with Gasteiger partial charge in [0.25, 0.3) is 0 Å². The summed E-state index contributed by atoms with van der Waals surface area (Å²) in [6.07, 6.45) is 1.05. The van der Waals surface area contributed by atoms with Crippen molar-refractivity contribution >= 4 is 10.9 Å². The summed E-state index contributed by atoms with van der Waals surface area (Å²) < 4.78 is 10.7. The Kier molecular flexibility index (Phi) is 2.44. The topological polar surface area (TPSA) is 46.3 Å². The normalized spacial score (nSPS) is 14.7. The van der Waals surface area contributed by atoms with Crippen molar-refractivity contribution in [2.75, 3.05) is 20.8 Å². The van der Waals surface area contributed by atoms with E-state index in [9.17, 15) is 0 Å². The molecule has 1 aromatic heterocycles. The third-order valence-corrected chi connectivity index (χ3v) is 3.35. The molecule has 0 spiro atoms. The molecular formula is C13H16N2O2. The number of hydrogen-bond donors (Lipinski definition) is 2. The maximum absolute atomic E-state index is 5.35. The van der Waals surface area contributed by atoms with E-state index in [4.69, 9.17) is 9.47 Å². The molecule has 0 fully saturated rings. The average molecular weight is 232 g/mol. The molecule has 1 aliphatic heterocycles. The van der Waals surface area contributed by atoms with Gasteiger partial charge in [-0.1, -0.05) is 0 Å². The van der Waals surface area contributed by atoms with Crippen LogP contribution in [0.5, 0.6) is 11.5 Å². The number of rotatable bonds is 2. The van der Waals surface area contributed by atoms with Gasteiger partial charge in [0.15, 0.2) is 11.5 Å². The Balaban J connectivity index is 2.24. The molecule has 1 aromatic carbocycles. The zero-order chi connectivity index (χ0) is 11.8. The van der Waals surface area contributed by atoms with Crippen LogP contribution in [-0.2, 0) is 13.0 Å². The van der Waals surface area contributed by atoms with Gasteiger partial charge in [0.2, 0.25) is 0 Å². The number of H-pyrrole nitrogens is 1. The van der Waals surface area contributed by atoms with Gasteiger partial charge in [-0.2, -0.15) is 0 Å². The molecule has 4 nitrogen and oxygen atoms in total. The fraction of sp³-hybridized carbons (Fsp3) is 0.385. The predicted octanol–water partition coefficient (Wildman–Crippen LogP) is 1.83. The van der Waals surface area contributed by atoms with Crippen molar-refractivity contribution in [3.8, 4) is 11.5 Å². The van der Waals surface area contributed by atoms with Gasteiger partial charge in [0, 0.05) is 42.2 Å². The molecule has 3 rings (SSSR count). The number of benzene rings is 1. The lowest BCUT2D eigenvalue weighted by atomic mass is 10.1. The Morgan fingerprint density at radius 2 is 1.88 bits per heavy atom. The highest BCUT2D eigenvalue weighted by Gasteiger charge is 2.17. The third kappa shape index (κ3) is 1.56. The van der Waals surface area contributed by atoms with Crippen molar-refractivity contribution in [1.29, 1.82) is 0 Å². The number of aromatic nitrogens is 1. The lowest BCUT2D eigenvalue weighted by Gasteiger charge is -2.12. The lowest BCUT2D eigenvalue weighted by Crippen LogP contribution is -2.22. The smallest absolute Gasteiger partial charge is 0.162 e. The van der Waals surface area contributed by atoms with Gasteiger partial charge in [-0.05, 0) is 11.6 Å². The minimum absolute atomic E-state index is 0.770. The largest absolute Gasteiger partial charge is 0.493 e. The monoisotopic (exact) mass is 232 g/mol. The fourth-order valence-electron chi connectivity index (χ4n) is 2.47. The van der Waals surface area contributed by atoms with Gasteiger partial charge in [-0.25, -0.2) is 0 Å². The minimum atomic E-state index is 0.770. The van der Waals surface area contributed by atoms with Crippen LogP contribution in [0.25, 0.3) is 10.9 Å². The first-order valence-electron chi connectivity index (χ1n) is 5.79. The van der Waals surface area contributed by atoms with E-state index in [2.05, 4.69) is 16.4 Å². The maximum atomic E-state index is 5.35. The summed E-state index contributed by atoms with van der Waals surface area (Å²) in [5.41, 5.74) is 3.80. The highest BCUT2D eigenvalue weighted by molar-refractivity contribution is 5.88. The number of hydrogen-bond acceptors (Lipinski definition) is 3. The summed E-state index contributed by atoms with van der Waals surface area (Å²) in [7, 11) is 3.33. The Labute approximate surface area is 99.9 Å². The molecule has 0 atom stereocenters. The van der Waals surface area contributed by atoms with Crippen LogP contribution in [0.3, 0.4) is 0 Å². The second-order valence-corrected chi connectivity index (χ2v) is 4.26. The van der Waals surface area contributed by atoms with Crippen LogP contribution in [0.2, 0.25) is 0 Å². The molecule has 0 saturated heterocycles. The third-order valence-electron chi connectivity index (χ3n) is 3.35. The lowest BCUT2D eigenvalue weighted by molar-refractivity contribution is 0.356. The molecule has 1 aliphatic rings. The molecule has 0 aliphatic carbocycles.